The van der Waals surface area contributed by atoms with E-state index in [1.54, 1.807) is 36.4 Å². The lowest BCUT2D eigenvalue weighted by molar-refractivity contribution is -0.139. The average Bonchev–Trinajstić information content (AvgIpc) is 3.26. The molecule has 2 aromatic carbocycles. The summed E-state index contributed by atoms with van der Waals surface area (Å²) in [4.78, 5) is 24.4. The molecule has 3 rings (SSSR count). The average molecular weight is 466 g/mol. The second kappa shape index (κ2) is 10.1. The van der Waals surface area contributed by atoms with Crippen molar-refractivity contribution in [2.24, 2.45) is 0 Å². The van der Waals surface area contributed by atoms with Gasteiger partial charge in [0.05, 0.1) is 12.0 Å². The van der Waals surface area contributed by atoms with Gasteiger partial charge in [-0.1, -0.05) is 23.7 Å². The SMILES string of the molecule is COc1ccc(S(=O)(=O)N2CCC[C@H]2CNC(=O)C(=O)NCc2ccc(Cl)cc2)cc1. The second-order valence-corrected chi connectivity index (χ2v) is 9.43. The first-order valence-corrected chi connectivity index (χ1v) is 11.6. The van der Waals surface area contributed by atoms with Gasteiger partial charge in [-0.3, -0.25) is 9.59 Å². The first-order chi connectivity index (χ1) is 14.8. The van der Waals surface area contributed by atoms with E-state index in [2.05, 4.69) is 10.6 Å². The fourth-order valence-electron chi connectivity index (χ4n) is 3.37. The molecule has 1 saturated heterocycles. The maximum Gasteiger partial charge on any atom is 0.309 e. The monoisotopic (exact) mass is 465 g/mol. The van der Waals surface area contributed by atoms with Crippen molar-refractivity contribution >= 4 is 33.4 Å². The molecule has 2 aromatic rings. The van der Waals surface area contributed by atoms with Gasteiger partial charge in [0.15, 0.2) is 0 Å². The number of sulfonamides is 1. The molecular formula is C21H24ClN3O5S. The molecule has 2 N–H and O–H groups in total. The number of carbonyl (C=O) groups excluding carboxylic acids is 2. The van der Waals surface area contributed by atoms with Gasteiger partial charge in [-0.05, 0) is 54.8 Å². The number of benzene rings is 2. The van der Waals surface area contributed by atoms with Gasteiger partial charge >= 0.3 is 11.8 Å². The van der Waals surface area contributed by atoms with Crippen LogP contribution in [-0.4, -0.2) is 50.8 Å². The molecule has 0 bridgehead atoms. The Labute approximate surface area is 186 Å². The number of nitrogens with zero attached hydrogens (tertiary/aromatic N) is 1. The molecule has 0 aliphatic carbocycles. The van der Waals surface area contributed by atoms with Crippen LogP contribution in [0.4, 0.5) is 0 Å². The molecule has 1 heterocycles. The summed E-state index contributed by atoms with van der Waals surface area (Å²) >= 11 is 5.82. The number of methoxy groups -OCH3 is 1. The summed E-state index contributed by atoms with van der Waals surface area (Å²) in [5.41, 5.74) is 0.804. The molecule has 10 heteroatoms. The normalized spacial score (nSPS) is 16.6. The van der Waals surface area contributed by atoms with Crippen LogP contribution in [0.15, 0.2) is 53.4 Å². The Morgan fingerprint density at radius 2 is 1.71 bits per heavy atom. The maximum absolute atomic E-state index is 13.0. The van der Waals surface area contributed by atoms with E-state index in [1.165, 1.54) is 23.5 Å². The molecule has 1 atom stereocenters. The van der Waals surface area contributed by atoms with Crippen molar-refractivity contribution in [1.82, 2.24) is 14.9 Å². The lowest BCUT2D eigenvalue weighted by atomic mass is 10.2. The Balaban J connectivity index is 1.55. The zero-order valence-corrected chi connectivity index (χ0v) is 18.6. The second-order valence-electron chi connectivity index (χ2n) is 7.11. The Morgan fingerprint density at radius 3 is 2.35 bits per heavy atom. The fourth-order valence-corrected chi connectivity index (χ4v) is 5.19. The molecule has 0 saturated carbocycles. The highest BCUT2D eigenvalue weighted by molar-refractivity contribution is 7.89. The van der Waals surface area contributed by atoms with Crippen LogP contribution < -0.4 is 15.4 Å². The highest BCUT2D eigenvalue weighted by Gasteiger charge is 2.35. The van der Waals surface area contributed by atoms with Gasteiger partial charge in [0.2, 0.25) is 10.0 Å². The van der Waals surface area contributed by atoms with E-state index in [4.69, 9.17) is 16.3 Å². The van der Waals surface area contributed by atoms with Gasteiger partial charge in [0.1, 0.15) is 5.75 Å². The molecule has 8 nitrogen and oxygen atoms in total. The molecule has 0 spiro atoms. The molecule has 0 aromatic heterocycles. The smallest absolute Gasteiger partial charge is 0.309 e. The van der Waals surface area contributed by atoms with Gasteiger partial charge < -0.3 is 15.4 Å². The summed E-state index contributed by atoms with van der Waals surface area (Å²) in [6.07, 6.45) is 1.28. The van der Waals surface area contributed by atoms with Gasteiger partial charge in [-0.15, -0.1) is 0 Å². The summed E-state index contributed by atoms with van der Waals surface area (Å²) in [5.74, 6) is -1.02. The Bertz CT molecular complexity index is 1030. The van der Waals surface area contributed by atoms with Crippen LogP contribution >= 0.6 is 11.6 Å². The largest absolute Gasteiger partial charge is 0.497 e. The lowest BCUT2D eigenvalue weighted by Crippen LogP contribution is -2.46. The molecule has 1 aliphatic rings. The third-order valence-electron chi connectivity index (χ3n) is 5.06. The summed E-state index contributed by atoms with van der Waals surface area (Å²) in [6.45, 7) is 0.602. The third kappa shape index (κ3) is 5.75. The molecule has 166 valence electrons. The van der Waals surface area contributed by atoms with E-state index in [0.29, 0.717) is 30.2 Å². The molecule has 1 fully saturated rings. The Hall–Kier alpha value is -2.62. The van der Waals surface area contributed by atoms with Crippen molar-refractivity contribution < 1.29 is 22.7 Å². The highest BCUT2D eigenvalue weighted by Crippen LogP contribution is 2.26. The van der Waals surface area contributed by atoms with Crippen molar-refractivity contribution in [2.45, 2.75) is 30.3 Å². The van der Waals surface area contributed by atoms with E-state index in [-0.39, 0.29) is 18.0 Å². The van der Waals surface area contributed by atoms with E-state index in [9.17, 15) is 18.0 Å². The maximum atomic E-state index is 13.0. The van der Waals surface area contributed by atoms with Crippen LogP contribution in [-0.2, 0) is 26.2 Å². The van der Waals surface area contributed by atoms with Crippen molar-refractivity contribution in [2.75, 3.05) is 20.2 Å². The summed E-state index contributed by atoms with van der Waals surface area (Å²) < 4.78 is 32.4. The van der Waals surface area contributed by atoms with Gasteiger partial charge in [-0.25, -0.2) is 8.42 Å². The number of amides is 2. The van der Waals surface area contributed by atoms with E-state index in [0.717, 1.165) is 5.56 Å². The van der Waals surface area contributed by atoms with Gasteiger partial charge in [0, 0.05) is 30.7 Å². The number of ether oxygens (including phenoxy) is 1. The molecule has 0 unspecified atom stereocenters. The highest BCUT2D eigenvalue weighted by atomic mass is 35.5. The van der Waals surface area contributed by atoms with Gasteiger partial charge in [-0.2, -0.15) is 4.31 Å². The van der Waals surface area contributed by atoms with Crippen molar-refractivity contribution in [1.29, 1.82) is 0 Å². The van der Waals surface area contributed by atoms with Crippen molar-refractivity contribution in [3.8, 4) is 5.75 Å². The van der Waals surface area contributed by atoms with E-state index >= 15 is 0 Å². The van der Waals surface area contributed by atoms with Crippen LogP contribution in [0.5, 0.6) is 5.75 Å². The standard InChI is InChI=1S/C21H24ClN3O5S/c1-30-18-8-10-19(11-9-18)31(28,29)25-12-2-3-17(25)14-24-21(27)20(26)23-13-15-4-6-16(22)7-5-15/h4-11,17H,2-3,12-14H2,1H3,(H,23,26)(H,24,27)/t17-/m0/s1. The molecule has 1 aliphatic heterocycles. The fraction of sp³-hybridized carbons (Fsp3) is 0.333. The Kier molecular flexibility index (Phi) is 7.53. The van der Waals surface area contributed by atoms with Crippen molar-refractivity contribution in [3.05, 3.63) is 59.1 Å². The minimum Gasteiger partial charge on any atom is -0.497 e. The van der Waals surface area contributed by atoms with Gasteiger partial charge in [0.25, 0.3) is 0 Å². The van der Waals surface area contributed by atoms with Crippen LogP contribution in [0, 0.1) is 0 Å². The predicted octanol–water partition coefficient (Wildman–Crippen LogP) is 1.93. The Morgan fingerprint density at radius 1 is 1.06 bits per heavy atom. The van der Waals surface area contributed by atoms with Crippen LogP contribution in [0.2, 0.25) is 5.02 Å². The quantitative estimate of drug-likeness (QED) is 0.608. The number of rotatable bonds is 7. The minimum atomic E-state index is -3.72. The van der Waals surface area contributed by atoms with E-state index in [1.807, 2.05) is 0 Å². The zero-order chi connectivity index (χ0) is 22.4. The third-order valence-corrected chi connectivity index (χ3v) is 7.28. The summed E-state index contributed by atoms with van der Waals surface area (Å²) in [5, 5.41) is 5.66. The molecular weight excluding hydrogens is 442 g/mol. The predicted molar refractivity (Wildman–Crippen MR) is 116 cm³/mol. The number of carbonyl (C=O) groups is 2. The van der Waals surface area contributed by atoms with Crippen LogP contribution in [0.25, 0.3) is 0 Å². The van der Waals surface area contributed by atoms with Crippen LogP contribution in [0.1, 0.15) is 18.4 Å². The minimum absolute atomic E-state index is 0.0581. The number of halogens is 1. The van der Waals surface area contributed by atoms with E-state index < -0.39 is 27.9 Å². The number of nitrogens with one attached hydrogen (secondary N) is 2. The lowest BCUT2D eigenvalue weighted by Gasteiger charge is -2.24. The van der Waals surface area contributed by atoms with Crippen LogP contribution in [0.3, 0.4) is 0 Å². The van der Waals surface area contributed by atoms with Crippen molar-refractivity contribution in [3.63, 3.8) is 0 Å². The first-order valence-electron chi connectivity index (χ1n) is 9.77. The summed E-state index contributed by atoms with van der Waals surface area (Å²) in [6, 6.07) is 12.6. The summed E-state index contributed by atoms with van der Waals surface area (Å²) in [7, 11) is -2.21. The zero-order valence-electron chi connectivity index (χ0n) is 17.0. The number of hydrogen-bond donors (Lipinski definition) is 2. The first kappa shape index (κ1) is 23.1. The molecule has 0 radical (unpaired) electrons. The topological polar surface area (TPSA) is 105 Å². The molecule has 31 heavy (non-hydrogen) atoms. The number of hydrogen-bond acceptors (Lipinski definition) is 5. The molecule has 2 amide bonds.